The van der Waals surface area contributed by atoms with E-state index in [2.05, 4.69) is 18.5 Å². The Labute approximate surface area is 280 Å². The number of hydrogen-bond donors (Lipinski definition) is 2. The third-order valence-corrected chi connectivity index (χ3v) is 9.61. The van der Waals surface area contributed by atoms with Crippen LogP contribution in [0.4, 0.5) is 5.69 Å². The number of hydrogen-bond acceptors (Lipinski definition) is 7. The minimum Gasteiger partial charge on any atom is -0.460 e. The summed E-state index contributed by atoms with van der Waals surface area (Å²) in [4.78, 5) is 58.2. The van der Waals surface area contributed by atoms with Crippen LogP contribution in [0, 0.1) is 11.8 Å². The van der Waals surface area contributed by atoms with Crippen LogP contribution >= 0.6 is 11.6 Å². The number of carbonyl (C=O) groups excluding carboxylic acids is 4. The highest BCUT2D eigenvalue weighted by Crippen LogP contribution is 2.59. The van der Waals surface area contributed by atoms with Crippen molar-refractivity contribution in [1.82, 2.24) is 10.2 Å². The predicted molar refractivity (Wildman–Crippen MR) is 177 cm³/mol. The lowest BCUT2D eigenvalue weighted by molar-refractivity contribution is -0.159. The van der Waals surface area contributed by atoms with Crippen molar-refractivity contribution in [2.75, 3.05) is 24.6 Å². The Morgan fingerprint density at radius 1 is 1.17 bits per heavy atom. The summed E-state index contributed by atoms with van der Waals surface area (Å²) in [6, 6.07) is 14.3. The molecular weight excluding hydrogens is 622 g/mol. The highest BCUT2D eigenvalue weighted by atomic mass is 35.5. The van der Waals surface area contributed by atoms with Gasteiger partial charge in [0.15, 0.2) is 0 Å². The van der Waals surface area contributed by atoms with Crippen molar-refractivity contribution in [1.29, 1.82) is 0 Å². The van der Waals surface area contributed by atoms with E-state index in [0.29, 0.717) is 36.4 Å². The first kappa shape index (κ1) is 34.3. The molecule has 7 atom stereocenters. The first-order chi connectivity index (χ1) is 22.6. The van der Waals surface area contributed by atoms with E-state index >= 15 is 0 Å². The van der Waals surface area contributed by atoms with E-state index in [1.54, 1.807) is 43.3 Å². The van der Waals surface area contributed by atoms with Gasteiger partial charge in [-0.05, 0) is 62.4 Å². The predicted octanol–water partition coefficient (Wildman–Crippen LogP) is 3.85. The standard InChI is InChI=1S/C36H42ClN3O7/c1-4-6-12-29(42)38-21-23(3)46-35(45)30-28-17-18-36(47-28)31(30)33(43)40(27(22-41)20-24-10-8-7-9-11-24)32(36)34(44)39(19-5-2)26-15-13-25(37)14-16-26/h4-5,7-11,13-16,23,27-28,30-32,41H,1-2,6,12,17-22H2,3H3,(H,38,42)/t23-,27-,28-,30+,31+,32-,36+/m1/s1. The van der Waals surface area contributed by atoms with Crippen LogP contribution in [0.25, 0.3) is 0 Å². The van der Waals surface area contributed by atoms with Crippen LogP contribution in [-0.4, -0.2) is 83.3 Å². The van der Waals surface area contributed by atoms with Crippen molar-refractivity contribution < 1.29 is 33.8 Å². The van der Waals surface area contributed by atoms with Crippen LogP contribution in [0.2, 0.25) is 5.02 Å². The molecule has 10 nitrogen and oxygen atoms in total. The number of esters is 1. The Kier molecular flexibility index (Phi) is 10.8. The number of halogens is 1. The number of rotatable bonds is 15. The molecule has 2 aromatic rings. The summed E-state index contributed by atoms with van der Waals surface area (Å²) >= 11 is 6.15. The number of amides is 3. The number of ether oxygens (including phenoxy) is 2. The summed E-state index contributed by atoms with van der Waals surface area (Å²) in [6.45, 7) is 8.99. The minimum atomic E-state index is -1.30. The van der Waals surface area contributed by atoms with Gasteiger partial charge < -0.3 is 29.7 Å². The normalized spacial score (nSPS) is 25.5. The molecule has 47 heavy (non-hydrogen) atoms. The summed E-state index contributed by atoms with van der Waals surface area (Å²) < 4.78 is 12.4. The number of fused-ring (bicyclic) bond motifs is 1. The summed E-state index contributed by atoms with van der Waals surface area (Å²) in [6.07, 6.45) is 3.91. The maximum absolute atomic E-state index is 14.8. The summed E-state index contributed by atoms with van der Waals surface area (Å²) in [5, 5.41) is 14.0. The summed E-state index contributed by atoms with van der Waals surface area (Å²) in [5.74, 6) is -3.56. The summed E-state index contributed by atoms with van der Waals surface area (Å²) in [5.41, 5.74) is 0.133. The number of nitrogens with one attached hydrogen (secondary N) is 1. The summed E-state index contributed by atoms with van der Waals surface area (Å²) in [7, 11) is 0. The number of likely N-dealkylation sites (tertiary alicyclic amines) is 1. The van der Waals surface area contributed by atoms with Gasteiger partial charge in [0.25, 0.3) is 5.91 Å². The molecule has 3 aliphatic heterocycles. The van der Waals surface area contributed by atoms with Gasteiger partial charge in [-0.1, -0.05) is 54.1 Å². The van der Waals surface area contributed by atoms with Gasteiger partial charge in [0.05, 0.1) is 37.1 Å². The Morgan fingerprint density at radius 3 is 2.55 bits per heavy atom. The molecule has 3 saturated heterocycles. The van der Waals surface area contributed by atoms with E-state index in [0.717, 1.165) is 5.56 Å². The average Bonchev–Trinajstić information content (AvgIpc) is 3.72. The zero-order valence-corrected chi connectivity index (χ0v) is 27.3. The largest absolute Gasteiger partial charge is 0.460 e. The highest BCUT2D eigenvalue weighted by molar-refractivity contribution is 6.30. The molecule has 3 fully saturated rings. The second-order valence-electron chi connectivity index (χ2n) is 12.4. The van der Waals surface area contributed by atoms with E-state index in [9.17, 15) is 24.3 Å². The number of carbonyl (C=O) groups is 4. The van der Waals surface area contributed by atoms with E-state index in [-0.39, 0.29) is 25.4 Å². The molecule has 3 amide bonds. The molecule has 0 radical (unpaired) electrons. The number of allylic oxidation sites excluding steroid dienone is 1. The van der Waals surface area contributed by atoms with Crippen LogP contribution in [0.1, 0.15) is 38.2 Å². The first-order valence-corrected chi connectivity index (χ1v) is 16.4. The maximum Gasteiger partial charge on any atom is 0.312 e. The van der Waals surface area contributed by atoms with Crippen molar-refractivity contribution in [3.63, 3.8) is 0 Å². The number of aliphatic hydroxyl groups is 1. The Morgan fingerprint density at radius 2 is 1.89 bits per heavy atom. The fourth-order valence-corrected chi connectivity index (χ4v) is 7.41. The zero-order chi connectivity index (χ0) is 33.7. The molecule has 3 aliphatic rings. The van der Waals surface area contributed by atoms with Gasteiger partial charge in [-0.15, -0.1) is 13.2 Å². The lowest BCUT2D eigenvalue weighted by atomic mass is 9.70. The molecule has 11 heteroatoms. The van der Waals surface area contributed by atoms with Gasteiger partial charge in [0, 0.05) is 23.7 Å². The van der Waals surface area contributed by atoms with Gasteiger partial charge in [-0.2, -0.15) is 0 Å². The highest BCUT2D eigenvalue weighted by Gasteiger charge is 2.75. The number of aliphatic hydroxyl groups excluding tert-OH is 1. The molecule has 5 rings (SSSR count). The third-order valence-electron chi connectivity index (χ3n) is 9.36. The van der Waals surface area contributed by atoms with Gasteiger partial charge in [-0.25, -0.2) is 0 Å². The molecule has 250 valence electrons. The van der Waals surface area contributed by atoms with E-state index in [4.69, 9.17) is 21.1 Å². The van der Waals surface area contributed by atoms with Gasteiger partial charge in [0.2, 0.25) is 11.8 Å². The lowest BCUT2D eigenvalue weighted by Gasteiger charge is -2.39. The number of nitrogens with zero attached hydrogens (tertiary/aromatic N) is 2. The van der Waals surface area contributed by atoms with Crippen LogP contribution in [0.5, 0.6) is 0 Å². The van der Waals surface area contributed by atoms with Crippen molar-refractivity contribution in [2.24, 2.45) is 11.8 Å². The topological polar surface area (TPSA) is 125 Å². The number of anilines is 1. The Balaban J connectivity index is 1.48. The molecule has 0 unspecified atom stereocenters. The Hall–Kier alpha value is -3.99. The smallest absolute Gasteiger partial charge is 0.312 e. The fourth-order valence-electron chi connectivity index (χ4n) is 7.29. The van der Waals surface area contributed by atoms with Crippen molar-refractivity contribution in [3.8, 4) is 0 Å². The molecule has 0 aliphatic carbocycles. The maximum atomic E-state index is 14.8. The lowest BCUT2D eigenvalue weighted by Crippen LogP contribution is -2.59. The van der Waals surface area contributed by atoms with Gasteiger partial charge >= 0.3 is 5.97 Å². The monoisotopic (exact) mass is 663 g/mol. The molecule has 1 spiro atoms. The molecule has 2 bridgehead atoms. The van der Waals surface area contributed by atoms with Crippen molar-refractivity contribution in [2.45, 2.75) is 68.9 Å². The van der Waals surface area contributed by atoms with Crippen LogP contribution < -0.4 is 10.2 Å². The minimum absolute atomic E-state index is 0.109. The SMILES string of the molecule is C=CCCC(=O)NC[C@@H](C)OC(=O)[C@@H]1[C@H]2C(=O)N([C@@H](CO)Cc3ccccc3)[C@H](C(=O)N(CC=C)c3ccc(Cl)cc3)[C@]23CC[C@H]1O3. The van der Waals surface area contributed by atoms with E-state index in [1.807, 2.05) is 30.3 Å². The molecule has 0 saturated carbocycles. The van der Waals surface area contributed by atoms with E-state index < -0.39 is 66.1 Å². The molecule has 2 aromatic carbocycles. The third kappa shape index (κ3) is 6.86. The number of benzene rings is 2. The second kappa shape index (κ2) is 14.8. The first-order valence-electron chi connectivity index (χ1n) is 16.1. The average molecular weight is 664 g/mol. The molecular formula is C36H42ClN3O7. The Bertz CT molecular complexity index is 1490. The van der Waals surface area contributed by atoms with Crippen LogP contribution in [0.15, 0.2) is 79.9 Å². The second-order valence-corrected chi connectivity index (χ2v) is 12.9. The quantitative estimate of drug-likeness (QED) is 0.219. The molecule has 0 aromatic heterocycles. The van der Waals surface area contributed by atoms with Gasteiger partial charge in [0.1, 0.15) is 17.7 Å². The zero-order valence-electron chi connectivity index (χ0n) is 26.6. The van der Waals surface area contributed by atoms with Crippen molar-refractivity contribution >= 4 is 41.0 Å². The molecule has 3 heterocycles. The van der Waals surface area contributed by atoms with Gasteiger partial charge in [-0.3, -0.25) is 19.2 Å². The van der Waals surface area contributed by atoms with Crippen LogP contribution in [0.3, 0.4) is 0 Å². The van der Waals surface area contributed by atoms with Crippen LogP contribution in [-0.2, 0) is 35.1 Å². The van der Waals surface area contributed by atoms with E-state index in [1.165, 1.54) is 9.80 Å². The molecule has 2 N–H and O–H groups in total. The van der Waals surface area contributed by atoms with Crippen molar-refractivity contribution in [3.05, 3.63) is 90.5 Å². The fraction of sp³-hybridized carbons (Fsp3) is 0.444.